The number of benzene rings is 1. The average molecular weight is 226 g/mol. The number of halogens is 1. The van der Waals surface area contributed by atoms with Gasteiger partial charge in [0.15, 0.2) is 0 Å². The third-order valence-corrected chi connectivity index (χ3v) is 2.08. The van der Waals surface area contributed by atoms with Crippen molar-refractivity contribution in [2.45, 2.75) is 19.8 Å². The van der Waals surface area contributed by atoms with Crippen molar-refractivity contribution in [3.63, 3.8) is 0 Å². The molecule has 0 aliphatic carbocycles. The van der Waals surface area contributed by atoms with E-state index in [1.165, 1.54) is 24.3 Å². The van der Waals surface area contributed by atoms with Gasteiger partial charge in [0.05, 0.1) is 11.0 Å². The van der Waals surface area contributed by atoms with Crippen LogP contribution >= 0.6 is 0 Å². The predicted octanol–water partition coefficient (Wildman–Crippen LogP) is 3.09. The molecule has 0 spiro atoms. The van der Waals surface area contributed by atoms with E-state index in [2.05, 4.69) is 12.2 Å². The van der Waals surface area contributed by atoms with E-state index in [-0.39, 0.29) is 12.5 Å². The Balaban J connectivity index is 2.47. The van der Waals surface area contributed by atoms with E-state index >= 15 is 0 Å². The minimum atomic E-state index is -0.346. The second-order valence-corrected chi connectivity index (χ2v) is 3.35. The smallest absolute Gasteiger partial charge is 0.143 e. The second-order valence-electron chi connectivity index (χ2n) is 3.35. The van der Waals surface area contributed by atoms with Gasteiger partial charge >= 0.3 is 0 Å². The Hall–Kier alpha value is -1.49. The van der Waals surface area contributed by atoms with Crippen LogP contribution in [0, 0.1) is 10.7 Å². The van der Waals surface area contributed by atoms with Crippen LogP contribution in [-0.4, -0.2) is 13.3 Å². The van der Waals surface area contributed by atoms with E-state index in [0.717, 1.165) is 17.9 Å². The molecule has 0 fully saturated rings. The van der Waals surface area contributed by atoms with Gasteiger partial charge in [-0.25, -0.2) is 9.40 Å². The fraction of sp³-hybridized carbons (Fsp3) is 0.455. The van der Waals surface area contributed by atoms with Gasteiger partial charge in [-0.05, 0) is 30.7 Å². The average Bonchev–Trinajstić information content (AvgIpc) is 2.31. The molecule has 0 aliphatic rings. The van der Waals surface area contributed by atoms with E-state index in [1.54, 1.807) is 0 Å². The topological polar surface area (TPSA) is 41.9 Å². The number of unbranched alkanes of at least 4 members (excludes halogenated alkanes) is 1. The molecule has 0 aliphatic heterocycles. The Bertz CT molecular complexity index is 316. The Morgan fingerprint density at radius 1 is 1.38 bits per heavy atom. The fourth-order valence-corrected chi connectivity index (χ4v) is 1.16. The first-order chi connectivity index (χ1) is 7.77. The summed E-state index contributed by atoms with van der Waals surface area (Å²) < 4.78 is 17.9. The van der Waals surface area contributed by atoms with Crippen molar-refractivity contribution in [1.82, 2.24) is 0 Å². The first kappa shape index (κ1) is 12.6. The molecule has 0 saturated heterocycles. The maximum atomic E-state index is 12.6. The van der Waals surface area contributed by atoms with Crippen molar-refractivity contribution in [2.24, 2.45) is 5.29 Å². The van der Waals surface area contributed by atoms with E-state index in [1.807, 2.05) is 0 Å². The number of anilines is 1. The lowest BCUT2D eigenvalue weighted by Crippen LogP contribution is -2.19. The highest BCUT2D eigenvalue weighted by atomic mass is 19.1. The molecule has 5 heteroatoms. The Morgan fingerprint density at radius 3 is 2.62 bits per heavy atom. The van der Waals surface area contributed by atoms with Gasteiger partial charge in [-0.2, -0.15) is 0 Å². The molecule has 0 unspecified atom stereocenters. The lowest BCUT2D eigenvalue weighted by atomic mass is 10.3. The number of hydrogen-bond acceptors (Lipinski definition) is 3. The Morgan fingerprint density at radius 2 is 2.06 bits per heavy atom. The van der Waals surface area contributed by atoms with Crippen molar-refractivity contribution >= 4 is 5.69 Å². The summed E-state index contributed by atoms with van der Waals surface area (Å²) in [6.07, 6.45) is 1.97. The van der Waals surface area contributed by atoms with Crippen LogP contribution in [-0.2, 0) is 4.74 Å². The van der Waals surface area contributed by atoms with Gasteiger partial charge in [0.2, 0.25) is 0 Å². The van der Waals surface area contributed by atoms with Gasteiger partial charge in [-0.15, -0.1) is 4.91 Å². The van der Waals surface area contributed by atoms with Crippen molar-refractivity contribution in [3.8, 4) is 0 Å². The molecule has 88 valence electrons. The summed E-state index contributed by atoms with van der Waals surface area (Å²) in [5, 5.41) is 3.97. The maximum absolute atomic E-state index is 12.6. The van der Waals surface area contributed by atoms with Crippen molar-refractivity contribution in [3.05, 3.63) is 35.0 Å². The zero-order chi connectivity index (χ0) is 11.8. The zero-order valence-corrected chi connectivity index (χ0v) is 9.23. The molecular weight excluding hydrogens is 211 g/mol. The molecule has 0 amide bonds. The molecule has 16 heavy (non-hydrogen) atoms. The standard InChI is InChI=1S/C11H15FN2O2/c1-2-3-8-16-9-14(13-15)11-6-4-10(12)5-7-11/h4-7H,2-3,8-9H2,1H3. The number of ether oxygens (including phenoxy) is 1. The molecule has 0 aromatic heterocycles. The van der Waals surface area contributed by atoms with Crippen molar-refractivity contribution in [1.29, 1.82) is 0 Å². The van der Waals surface area contributed by atoms with Crippen LogP contribution in [0.5, 0.6) is 0 Å². The Kier molecular flexibility index (Phi) is 5.42. The highest BCUT2D eigenvalue weighted by molar-refractivity contribution is 5.44. The lowest BCUT2D eigenvalue weighted by molar-refractivity contribution is 0.131. The number of nitrogens with zero attached hydrogens (tertiary/aromatic N) is 2. The molecule has 0 N–H and O–H groups in total. The van der Waals surface area contributed by atoms with E-state index in [4.69, 9.17) is 4.74 Å². The number of nitroso groups, excluding NO2 is 1. The minimum Gasteiger partial charge on any atom is -0.359 e. The number of hydrogen-bond donors (Lipinski definition) is 0. The van der Waals surface area contributed by atoms with Crippen LogP contribution in [0.3, 0.4) is 0 Å². The molecule has 0 radical (unpaired) electrons. The summed E-state index contributed by atoms with van der Waals surface area (Å²) in [6.45, 7) is 2.73. The largest absolute Gasteiger partial charge is 0.359 e. The van der Waals surface area contributed by atoms with Crippen LogP contribution in [0.25, 0.3) is 0 Å². The zero-order valence-electron chi connectivity index (χ0n) is 9.23. The number of rotatable bonds is 7. The van der Waals surface area contributed by atoms with E-state index < -0.39 is 0 Å². The molecule has 0 bridgehead atoms. The van der Waals surface area contributed by atoms with Gasteiger partial charge < -0.3 is 4.74 Å². The first-order valence-corrected chi connectivity index (χ1v) is 5.22. The highest BCUT2D eigenvalue weighted by Gasteiger charge is 2.06. The monoisotopic (exact) mass is 226 g/mol. The van der Waals surface area contributed by atoms with Crippen LogP contribution < -0.4 is 5.01 Å². The molecule has 4 nitrogen and oxygen atoms in total. The van der Waals surface area contributed by atoms with Crippen LogP contribution in [0.1, 0.15) is 19.8 Å². The van der Waals surface area contributed by atoms with Crippen LogP contribution in [0.2, 0.25) is 0 Å². The highest BCUT2D eigenvalue weighted by Crippen LogP contribution is 2.14. The maximum Gasteiger partial charge on any atom is 0.143 e. The minimum absolute atomic E-state index is 0.0924. The molecular formula is C11H15FN2O2. The summed E-state index contributed by atoms with van der Waals surface area (Å²) in [5.41, 5.74) is 0.521. The molecule has 1 aromatic rings. The molecule has 1 rings (SSSR count). The quantitative estimate of drug-likeness (QED) is 0.310. The first-order valence-electron chi connectivity index (χ1n) is 5.22. The van der Waals surface area contributed by atoms with Gasteiger partial charge in [0.1, 0.15) is 12.5 Å². The predicted molar refractivity (Wildman–Crippen MR) is 60.4 cm³/mol. The Labute approximate surface area is 94.0 Å². The molecule has 0 saturated carbocycles. The van der Waals surface area contributed by atoms with E-state index in [0.29, 0.717) is 12.3 Å². The summed E-state index contributed by atoms with van der Waals surface area (Å²) in [6, 6.07) is 5.53. The lowest BCUT2D eigenvalue weighted by Gasteiger charge is -2.14. The van der Waals surface area contributed by atoms with Crippen LogP contribution in [0.4, 0.5) is 10.1 Å². The van der Waals surface area contributed by atoms with E-state index in [9.17, 15) is 9.30 Å². The second kappa shape index (κ2) is 6.90. The normalized spacial score (nSPS) is 10.1. The SMILES string of the molecule is CCCCOCN(N=O)c1ccc(F)cc1. The van der Waals surface area contributed by atoms with Gasteiger partial charge in [0.25, 0.3) is 0 Å². The third kappa shape index (κ3) is 3.94. The molecule has 0 heterocycles. The van der Waals surface area contributed by atoms with Gasteiger partial charge in [-0.1, -0.05) is 13.3 Å². The summed E-state index contributed by atoms with van der Waals surface area (Å²) >= 11 is 0. The molecule has 0 atom stereocenters. The van der Waals surface area contributed by atoms with Gasteiger partial charge in [0, 0.05) is 6.61 Å². The van der Waals surface area contributed by atoms with Gasteiger partial charge in [-0.3, -0.25) is 0 Å². The molecule has 1 aromatic carbocycles. The van der Waals surface area contributed by atoms with Crippen LogP contribution in [0.15, 0.2) is 29.6 Å². The van der Waals surface area contributed by atoms with Crippen molar-refractivity contribution in [2.75, 3.05) is 18.3 Å². The fourth-order valence-electron chi connectivity index (χ4n) is 1.16. The summed E-state index contributed by atoms with van der Waals surface area (Å²) in [7, 11) is 0. The summed E-state index contributed by atoms with van der Waals surface area (Å²) in [4.78, 5) is 10.6. The summed E-state index contributed by atoms with van der Waals surface area (Å²) in [5.74, 6) is -0.346. The third-order valence-electron chi connectivity index (χ3n) is 2.08. The van der Waals surface area contributed by atoms with Crippen molar-refractivity contribution < 1.29 is 9.13 Å².